The van der Waals surface area contributed by atoms with Gasteiger partial charge in [-0.25, -0.2) is 9.59 Å². The molecule has 0 radical (unpaired) electrons. The Bertz CT molecular complexity index is 405. The third kappa shape index (κ3) is 4.03. The topological polar surface area (TPSA) is 78.4 Å². The molecule has 1 heterocycles. The summed E-state index contributed by atoms with van der Waals surface area (Å²) >= 11 is 1.61. The molecule has 0 aliphatic heterocycles. The molecule has 1 atom stereocenters. The second-order valence-electron chi connectivity index (χ2n) is 4.25. The lowest BCUT2D eigenvalue weighted by Gasteiger charge is -2.24. The van der Waals surface area contributed by atoms with Crippen LogP contribution in [0.25, 0.3) is 0 Å². The fraction of sp³-hybridized carbons (Fsp3) is 0.500. The van der Waals surface area contributed by atoms with Crippen LogP contribution >= 0.6 is 11.3 Å². The van der Waals surface area contributed by atoms with Gasteiger partial charge in [-0.05, 0) is 42.2 Å². The van der Waals surface area contributed by atoms with Crippen LogP contribution in [0.2, 0.25) is 0 Å². The maximum Gasteiger partial charge on any atom is 0.329 e. The van der Waals surface area contributed by atoms with E-state index in [9.17, 15) is 9.59 Å². The van der Waals surface area contributed by atoms with Crippen LogP contribution in [0.15, 0.2) is 16.8 Å². The van der Waals surface area contributed by atoms with E-state index in [4.69, 9.17) is 5.11 Å². The molecule has 0 saturated heterocycles. The van der Waals surface area contributed by atoms with E-state index >= 15 is 0 Å². The van der Waals surface area contributed by atoms with E-state index < -0.39 is 17.5 Å². The summed E-state index contributed by atoms with van der Waals surface area (Å²) in [6.07, 6.45) is 1.08. The number of carboxylic acids is 1. The Kier molecular flexibility index (Phi) is 5.15. The molecule has 0 saturated carbocycles. The molecule has 18 heavy (non-hydrogen) atoms. The molecule has 6 heteroatoms. The number of carboxylic acid groups (broad SMARTS) is 1. The van der Waals surface area contributed by atoms with Gasteiger partial charge in [0.15, 0.2) is 0 Å². The summed E-state index contributed by atoms with van der Waals surface area (Å²) in [5.41, 5.74) is -0.0521. The van der Waals surface area contributed by atoms with Crippen LogP contribution in [-0.4, -0.2) is 29.2 Å². The minimum Gasteiger partial charge on any atom is -0.480 e. The van der Waals surface area contributed by atoms with Gasteiger partial charge in [0.25, 0.3) is 0 Å². The Labute approximate surface area is 110 Å². The summed E-state index contributed by atoms with van der Waals surface area (Å²) in [4.78, 5) is 22.6. The van der Waals surface area contributed by atoms with Crippen molar-refractivity contribution in [1.82, 2.24) is 10.6 Å². The molecule has 0 aliphatic rings. The molecular formula is C12H18N2O3S. The molecule has 0 aromatic carbocycles. The van der Waals surface area contributed by atoms with Crippen LogP contribution in [0, 0.1) is 0 Å². The first-order valence-corrected chi connectivity index (χ1v) is 6.72. The van der Waals surface area contributed by atoms with Crippen LogP contribution in [0.1, 0.15) is 25.8 Å². The highest BCUT2D eigenvalue weighted by atomic mass is 32.1. The summed E-state index contributed by atoms with van der Waals surface area (Å²) in [5, 5.41) is 18.1. The Morgan fingerprint density at radius 1 is 1.50 bits per heavy atom. The van der Waals surface area contributed by atoms with Gasteiger partial charge in [-0.3, -0.25) is 0 Å². The van der Waals surface area contributed by atoms with E-state index in [0.717, 1.165) is 12.0 Å². The third-order valence-electron chi connectivity index (χ3n) is 2.85. The molecule has 100 valence electrons. The number of carbonyl (C=O) groups is 2. The van der Waals surface area contributed by atoms with Crippen molar-refractivity contribution < 1.29 is 14.7 Å². The first kappa shape index (κ1) is 14.5. The lowest BCUT2D eigenvalue weighted by molar-refractivity contribution is -0.143. The molecule has 1 rings (SSSR count). The number of thiophene rings is 1. The van der Waals surface area contributed by atoms with Crippen LogP contribution in [0.3, 0.4) is 0 Å². The minimum absolute atomic E-state index is 0.334. The molecule has 1 unspecified atom stereocenters. The standard InChI is InChI=1S/C12H18N2O3S/c1-3-12(2,10(15)16)14-11(17)13-6-4-9-5-7-18-8-9/h5,7-8H,3-4,6H2,1-2H3,(H,15,16)(H2,13,14,17). The maximum atomic E-state index is 11.6. The highest BCUT2D eigenvalue weighted by Gasteiger charge is 2.32. The quantitative estimate of drug-likeness (QED) is 0.738. The van der Waals surface area contributed by atoms with Gasteiger partial charge < -0.3 is 15.7 Å². The van der Waals surface area contributed by atoms with Crippen molar-refractivity contribution in [3.05, 3.63) is 22.4 Å². The number of hydrogen-bond donors (Lipinski definition) is 3. The molecule has 5 nitrogen and oxygen atoms in total. The first-order valence-electron chi connectivity index (χ1n) is 5.78. The Morgan fingerprint density at radius 2 is 2.22 bits per heavy atom. The summed E-state index contributed by atoms with van der Waals surface area (Å²) in [6.45, 7) is 3.70. The fourth-order valence-corrected chi connectivity index (χ4v) is 2.05. The number of rotatable bonds is 6. The minimum atomic E-state index is -1.22. The van der Waals surface area contributed by atoms with Crippen molar-refractivity contribution in [3.63, 3.8) is 0 Å². The molecule has 1 aromatic rings. The third-order valence-corrected chi connectivity index (χ3v) is 3.58. The van der Waals surface area contributed by atoms with E-state index in [1.807, 2.05) is 16.8 Å². The van der Waals surface area contributed by atoms with E-state index in [1.165, 1.54) is 6.92 Å². The Balaban J connectivity index is 2.35. The van der Waals surface area contributed by atoms with E-state index in [-0.39, 0.29) is 0 Å². The molecule has 2 amide bonds. The predicted molar refractivity (Wildman–Crippen MR) is 70.9 cm³/mol. The zero-order valence-corrected chi connectivity index (χ0v) is 11.3. The smallest absolute Gasteiger partial charge is 0.329 e. The average Bonchev–Trinajstić information content (AvgIpc) is 2.81. The summed E-state index contributed by atoms with van der Waals surface area (Å²) in [7, 11) is 0. The van der Waals surface area contributed by atoms with Crippen molar-refractivity contribution in [2.45, 2.75) is 32.2 Å². The fourth-order valence-electron chi connectivity index (χ4n) is 1.34. The number of aliphatic carboxylic acids is 1. The molecular weight excluding hydrogens is 252 g/mol. The van der Waals surface area contributed by atoms with Gasteiger partial charge in [0.05, 0.1) is 0 Å². The maximum absolute atomic E-state index is 11.6. The monoisotopic (exact) mass is 270 g/mol. The first-order chi connectivity index (χ1) is 8.48. The summed E-state index contributed by atoms with van der Waals surface area (Å²) in [5.74, 6) is -1.03. The Morgan fingerprint density at radius 3 is 2.72 bits per heavy atom. The molecule has 3 N–H and O–H groups in total. The van der Waals surface area contributed by atoms with E-state index in [1.54, 1.807) is 18.3 Å². The molecule has 0 spiro atoms. The number of urea groups is 1. The van der Waals surface area contributed by atoms with Crippen molar-refractivity contribution in [2.24, 2.45) is 0 Å². The zero-order chi connectivity index (χ0) is 13.6. The van der Waals surface area contributed by atoms with Gasteiger partial charge in [0, 0.05) is 6.54 Å². The van der Waals surface area contributed by atoms with Crippen molar-refractivity contribution in [1.29, 1.82) is 0 Å². The lowest BCUT2D eigenvalue weighted by atomic mass is 10.00. The van der Waals surface area contributed by atoms with Crippen molar-refractivity contribution >= 4 is 23.3 Å². The largest absolute Gasteiger partial charge is 0.480 e. The van der Waals surface area contributed by atoms with E-state index in [2.05, 4.69) is 10.6 Å². The molecule has 0 aliphatic carbocycles. The number of nitrogens with one attached hydrogen (secondary N) is 2. The number of hydrogen-bond acceptors (Lipinski definition) is 3. The predicted octanol–water partition coefficient (Wildman–Crippen LogP) is 1.84. The van der Waals surface area contributed by atoms with Gasteiger partial charge >= 0.3 is 12.0 Å². The van der Waals surface area contributed by atoms with Gasteiger partial charge in [-0.2, -0.15) is 11.3 Å². The normalized spacial score (nSPS) is 13.7. The highest BCUT2D eigenvalue weighted by Crippen LogP contribution is 2.09. The zero-order valence-electron chi connectivity index (χ0n) is 10.5. The highest BCUT2D eigenvalue weighted by molar-refractivity contribution is 7.07. The molecule has 0 fully saturated rings. The van der Waals surface area contributed by atoms with Crippen LogP contribution < -0.4 is 10.6 Å². The van der Waals surface area contributed by atoms with Gasteiger partial charge in [0.1, 0.15) is 5.54 Å². The van der Waals surface area contributed by atoms with E-state index in [0.29, 0.717) is 13.0 Å². The second-order valence-corrected chi connectivity index (χ2v) is 5.03. The SMILES string of the molecule is CCC(C)(NC(=O)NCCc1ccsc1)C(=O)O. The Hall–Kier alpha value is -1.56. The molecule has 1 aromatic heterocycles. The summed E-state index contributed by atoms with van der Waals surface area (Å²) < 4.78 is 0. The van der Waals surface area contributed by atoms with Crippen molar-refractivity contribution in [2.75, 3.05) is 6.54 Å². The number of amides is 2. The second kappa shape index (κ2) is 6.39. The van der Waals surface area contributed by atoms with Gasteiger partial charge in [0.2, 0.25) is 0 Å². The van der Waals surface area contributed by atoms with Crippen LogP contribution in [-0.2, 0) is 11.2 Å². The van der Waals surface area contributed by atoms with Gasteiger partial charge in [-0.1, -0.05) is 6.92 Å². The van der Waals surface area contributed by atoms with Crippen molar-refractivity contribution in [3.8, 4) is 0 Å². The van der Waals surface area contributed by atoms with Crippen LogP contribution in [0.4, 0.5) is 4.79 Å². The molecule has 0 bridgehead atoms. The number of carbonyl (C=O) groups excluding carboxylic acids is 1. The van der Waals surface area contributed by atoms with Gasteiger partial charge in [-0.15, -0.1) is 0 Å². The average molecular weight is 270 g/mol. The van der Waals surface area contributed by atoms with Crippen LogP contribution in [0.5, 0.6) is 0 Å². The lowest BCUT2D eigenvalue weighted by Crippen LogP contribution is -2.55. The summed E-state index contributed by atoms with van der Waals surface area (Å²) in [6, 6.07) is 1.55.